The molecule has 102 valence electrons. The quantitative estimate of drug-likeness (QED) is 0.466. The fourth-order valence-corrected chi connectivity index (χ4v) is 1.63. The van der Waals surface area contributed by atoms with Crippen LogP contribution in [0.5, 0.6) is 0 Å². The van der Waals surface area contributed by atoms with Crippen LogP contribution in [0.4, 0.5) is 11.4 Å². The third kappa shape index (κ3) is 3.89. The maximum Gasteiger partial charge on any atom is 0.274 e. The third-order valence-electron chi connectivity index (χ3n) is 2.69. The van der Waals surface area contributed by atoms with E-state index >= 15 is 0 Å². The Hall–Kier alpha value is -2.21. The minimum atomic E-state index is -0.706. The molecule has 19 heavy (non-hydrogen) atoms. The van der Waals surface area contributed by atoms with E-state index in [0.29, 0.717) is 24.1 Å². The molecule has 1 aromatic rings. The first-order valence-electron chi connectivity index (χ1n) is 5.94. The smallest absolute Gasteiger partial charge is 0.274 e. The van der Waals surface area contributed by atoms with Crippen molar-refractivity contribution in [1.82, 2.24) is 0 Å². The molecule has 1 rings (SSSR count). The lowest BCUT2D eigenvalue weighted by Gasteiger charge is -2.10. The molecule has 0 fully saturated rings. The van der Waals surface area contributed by atoms with Gasteiger partial charge in [-0.1, -0.05) is 19.1 Å². The second-order valence-corrected chi connectivity index (χ2v) is 4.07. The number of rotatable bonds is 6. The van der Waals surface area contributed by atoms with Gasteiger partial charge in [0, 0.05) is 17.3 Å². The van der Waals surface area contributed by atoms with Gasteiger partial charge in [0.15, 0.2) is 0 Å². The van der Waals surface area contributed by atoms with Crippen LogP contribution in [-0.2, 0) is 11.2 Å². The van der Waals surface area contributed by atoms with Gasteiger partial charge >= 0.3 is 0 Å². The van der Waals surface area contributed by atoms with E-state index in [-0.39, 0.29) is 5.69 Å². The fraction of sp³-hybridized carbons (Fsp3) is 0.308. The van der Waals surface area contributed by atoms with E-state index in [4.69, 9.17) is 5.73 Å². The number of nitrogens with zero attached hydrogens (tertiary/aromatic N) is 1. The Morgan fingerprint density at radius 3 is 2.84 bits per heavy atom. The molecule has 3 N–H and O–H groups in total. The molecule has 0 aliphatic rings. The topological polar surface area (TPSA) is 98.3 Å². The van der Waals surface area contributed by atoms with Crippen LogP contribution in [0, 0.1) is 10.1 Å². The van der Waals surface area contributed by atoms with Gasteiger partial charge in [0.25, 0.3) is 5.69 Å². The van der Waals surface area contributed by atoms with Crippen molar-refractivity contribution in [2.75, 3.05) is 5.32 Å². The summed E-state index contributed by atoms with van der Waals surface area (Å²) in [4.78, 5) is 22.1. The van der Waals surface area contributed by atoms with E-state index in [2.05, 4.69) is 11.9 Å². The van der Waals surface area contributed by atoms with E-state index in [1.54, 1.807) is 18.2 Å². The molecule has 0 aliphatic carbocycles. The summed E-state index contributed by atoms with van der Waals surface area (Å²) >= 11 is 0. The predicted molar refractivity (Wildman–Crippen MR) is 73.9 cm³/mol. The first-order valence-corrected chi connectivity index (χ1v) is 5.94. The van der Waals surface area contributed by atoms with Gasteiger partial charge in [0.2, 0.25) is 5.91 Å². The van der Waals surface area contributed by atoms with Gasteiger partial charge in [-0.15, -0.1) is 6.58 Å². The average molecular weight is 263 g/mol. The van der Waals surface area contributed by atoms with Crippen LogP contribution >= 0.6 is 0 Å². The summed E-state index contributed by atoms with van der Waals surface area (Å²) in [6.07, 6.45) is 2.45. The maximum absolute atomic E-state index is 11.7. The van der Waals surface area contributed by atoms with Crippen LogP contribution in [0.3, 0.4) is 0 Å². The number of benzene rings is 1. The second kappa shape index (κ2) is 6.65. The number of nitro benzene ring substituents is 1. The molecule has 0 aromatic heterocycles. The van der Waals surface area contributed by atoms with Gasteiger partial charge in [0.05, 0.1) is 11.0 Å². The molecule has 0 saturated heterocycles. The van der Waals surface area contributed by atoms with Crippen molar-refractivity contribution in [3.8, 4) is 0 Å². The number of aryl methyl sites for hydroxylation is 1. The summed E-state index contributed by atoms with van der Waals surface area (Å²) in [7, 11) is 0. The minimum absolute atomic E-state index is 0.00223. The van der Waals surface area contributed by atoms with E-state index in [1.165, 1.54) is 6.07 Å². The van der Waals surface area contributed by atoms with Crippen LogP contribution in [0.25, 0.3) is 0 Å². The lowest BCUT2D eigenvalue weighted by atomic mass is 10.1. The van der Waals surface area contributed by atoms with Crippen molar-refractivity contribution >= 4 is 17.3 Å². The molecule has 0 heterocycles. The van der Waals surface area contributed by atoms with Crippen molar-refractivity contribution in [2.24, 2.45) is 5.73 Å². The minimum Gasteiger partial charge on any atom is -0.324 e. The SMILES string of the molecule is C=CCC(N)C(=O)Nc1ccc(CC)c([N+](=O)[O-])c1. The van der Waals surface area contributed by atoms with Gasteiger partial charge < -0.3 is 11.1 Å². The van der Waals surface area contributed by atoms with E-state index in [0.717, 1.165) is 0 Å². The highest BCUT2D eigenvalue weighted by Gasteiger charge is 2.16. The number of anilines is 1. The molecule has 0 spiro atoms. The lowest BCUT2D eigenvalue weighted by Crippen LogP contribution is -2.35. The Bertz CT molecular complexity index is 500. The number of nitrogens with one attached hydrogen (secondary N) is 1. The van der Waals surface area contributed by atoms with E-state index < -0.39 is 16.9 Å². The summed E-state index contributed by atoms with van der Waals surface area (Å²) < 4.78 is 0. The Labute approximate surface area is 111 Å². The Kier molecular flexibility index (Phi) is 5.20. The van der Waals surface area contributed by atoms with Crippen molar-refractivity contribution in [3.05, 3.63) is 46.5 Å². The highest BCUT2D eigenvalue weighted by molar-refractivity contribution is 5.95. The molecule has 0 radical (unpaired) electrons. The molecule has 0 aliphatic heterocycles. The second-order valence-electron chi connectivity index (χ2n) is 4.07. The van der Waals surface area contributed by atoms with Gasteiger partial charge in [0.1, 0.15) is 0 Å². The zero-order chi connectivity index (χ0) is 14.4. The van der Waals surface area contributed by atoms with Gasteiger partial charge in [-0.05, 0) is 18.9 Å². The summed E-state index contributed by atoms with van der Waals surface area (Å²) in [5, 5.41) is 13.5. The lowest BCUT2D eigenvalue weighted by molar-refractivity contribution is -0.385. The van der Waals surface area contributed by atoms with Crippen LogP contribution in [0.1, 0.15) is 18.9 Å². The number of carbonyl (C=O) groups excluding carboxylic acids is 1. The maximum atomic E-state index is 11.7. The molecule has 0 saturated carbocycles. The predicted octanol–water partition coefficient (Wildman–Crippen LogP) is 2.00. The van der Waals surface area contributed by atoms with Crippen molar-refractivity contribution in [3.63, 3.8) is 0 Å². The summed E-state index contributed by atoms with van der Waals surface area (Å²) in [6.45, 7) is 5.33. The molecule has 6 heteroatoms. The number of nitro groups is 1. The molecule has 0 bridgehead atoms. The standard InChI is InChI=1S/C13H17N3O3/c1-3-5-11(14)13(17)15-10-7-6-9(4-2)12(8-10)16(18)19/h3,6-8,11H,1,4-5,14H2,2H3,(H,15,17). The molecular formula is C13H17N3O3. The number of hydrogen-bond acceptors (Lipinski definition) is 4. The highest BCUT2D eigenvalue weighted by Crippen LogP contribution is 2.23. The highest BCUT2D eigenvalue weighted by atomic mass is 16.6. The van der Waals surface area contributed by atoms with E-state index in [9.17, 15) is 14.9 Å². The van der Waals surface area contributed by atoms with Crippen molar-refractivity contribution < 1.29 is 9.72 Å². The Balaban J connectivity index is 2.91. The normalized spacial score (nSPS) is 11.7. The molecular weight excluding hydrogens is 246 g/mol. The molecule has 1 unspecified atom stereocenters. The first-order chi connectivity index (χ1) is 8.99. The summed E-state index contributed by atoms with van der Waals surface area (Å²) in [6, 6.07) is 3.90. The van der Waals surface area contributed by atoms with Gasteiger partial charge in [-0.2, -0.15) is 0 Å². The zero-order valence-electron chi connectivity index (χ0n) is 10.8. The van der Waals surface area contributed by atoms with Gasteiger partial charge in [-0.3, -0.25) is 14.9 Å². The number of carbonyl (C=O) groups is 1. The first kappa shape index (κ1) is 14.8. The number of amides is 1. The monoisotopic (exact) mass is 263 g/mol. The van der Waals surface area contributed by atoms with Crippen molar-refractivity contribution in [2.45, 2.75) is 25.8 Å². The van der Waals surface area contributed by atoms with Gasteiger partial charge in [-0.25, -0.2) is 0 Å². The molecule has 6 nitrogen and oxygen atoms in total. The van der Waals surface area contributed by atoms with Crippen LogP contribution < -0.4 is 11.1 Å². The Morgan fingerprint density at radius 2 is 2.32 bits per heavy atom. The Morgan fingerprint density at radius 1 is 1.63 bits per heavy atom. The number of nitrogens with two attached hydrogens (primary N) is 1. The largest absolute Gasteiger partial charge is 0.324 e. The zero-order valence-corrected chi connectivity index (χ0v) is 10.8. The number of hydrogen-bond donors (Lipinski definition) is 2. The molecule has 1 aromatic carbocycles. The fourth-order valence-electron chi connectivity index (χ4n) is 1.63. The average Bonchev–Trinajstić information content (AvgIpc) is 2.38. The van der Waals surface area contributed by atoms with Crippen LogP contribution in [0.15, 0.2) is 30.9 Å². The van der Waals surface area contributed by atoms with Crippen LogP contribution in [-0.4, -0.2) is 16.9 Å². The van der Waals surface area contributed by atoms with Crippen molar-refractivity contribution in [1.29, 1.82) is 0 Å². The van der Waals surface area contributed by atoms with E-state index in [1.807, 2.05) is 6.92 Å². The molecule has 1 amide bonds. The third-order valence-corrected chi connectivity index (χ3v) is 2.69. The van der Waals surface area contributed by atoms with Crippen LogP contribution in [0.2, 0.25) is 0 Å². The summed E-state index contributed by atoms with van der Waals surface area (Å²) in [5.74, 6) is -0.390. The molecule has 1 atom stereocenters. The summed E-state index contributed by atoms with van der Waals surface area (Å²) in [5.41, 5.74) is 6.60.